The molecule has 0 spiro atoms. The van der Waals surface area contributed by atoms with E-state index in [0.717, 1.165) is 28.8 Å². The molecule has 122 valence electrons. The van der Waals surface area contributed by atoms with Gasteiger partial charge < -0.3 is 9.64 Å². The van der Waals surface area contributed by atoms with Crippen LogP contribution in [-0.4, -0.2) is 37.1 Å². The largest absolute Gasteiger partial charge is 0.378 e. The molecule has 1 fully saturated rings. The van der Waals surface area contributed by atoms with Crippen molar-refractivity contribution in [1.29, 1.82) is 0 Å². The molecule has 6 heteroatoms. The van der Waals surface area contributed by atoms with Crippen LogP contribution in [0.3, 0.4) is 0 Å². The van der Waals surface area contributed by atoms with Gasteiger partial charge in [-0.05, 0) is 11.4 Å². The van der Waals surface area contributed by atoms with Gasteiger partial charge in [0.25, 0.3) is 0 Å². The molecule has 0 aliphatic carbocycles. The number of thiophene rings is 1. The average Bonchev–Trinajstić information content (AvgIpc) is 3.32. The van der Waals surface area contributed by atoms with Crippen molar-refractivity contribution >= 4 is 33.6 Å². The van der Waals surface area contributed by atoms with Gasteiger partial charge in [0.1, 0.15) is 10.6 Å². The highest BCUT2D eigenvalue weighted by Gasteiger charge is 2.24. The van der Waals surface area contributed by atoms with Crippen molar-refractivity contribution < 1.29 is 9.53 Å². The van der Waals surface area contributed by atoms with Crippen LogP contribution >= 0.6 is 22.7 Å². The number of hydrogen-bond donors (Lipinski definition) is 0. The van der Waals surface area contributed by atoms with Gasteiger partial charge >= 0.3 is 0 Å². The first kappa shape index (κ1) is 15.5. The molecule has 1 saturated heterocycles. The first-order chi connectivity index (χ1) is 11.8. The number of rotatable bonds is 4. The van der Waals surface area contributed by atoms with Crippen LogP contribution in [0.15, 0.2) is 47.8 Å². The van der Waals surface area contributed by atoms with E-state index in [1.54, 1.807) is 11.3 Å². The van der Waals surface area contributed by atoms with Crippen molar-refractivity contribution in [3.8, 4) is 10.6 Å². The Morgan fingerprint density at radius 2 is 1.88 bits per heavy atom. The quantitative estimate of drug-likeness (QED) is 0.664. The molecular formula is C18H16N2O2S2. The van der Waals surface area contributed by atoms with Gasteiger partial charge in [0, 0.05) is 18.7 Å². The maximum Gasteiger partial charge on any atom is 0.205 e. The maximum atomic E-state index is 13.0. The normalized spacial score (nSPS) is 14.8. The Hall–Kier alpha value is -2.02. The Kier molecular flexibility index (Phi) is 4.42. The number of ether oxygens (including phenoxy) is 1. The van der Waals surface area contributed by atoms with E-state index in [0.29, 0.717) is 23.7 Å². The molecule has 0 bridgehead atoms. The summed E-state index contributed by atoms with van der Waals surface area (Å²) in [5.74, 6) is 0.0380. The van der Waals surface area contributed by atoms with E-state index < -0.39 is 0 Å². The standard InChI is InChI=1S/C18H16N2O2S2/c21-16(13-5-2-1-3-6-13)17-15(14-7-4-12-23-14)19-18(24-17)20-8-10-22-11-9-20/h1-7,12H,8-11H2. The Balaban J connectivity index is 1.76. The number of thiazole rings is 1. The van der Waals surface area contributed by atoms with E-state index in [1.807, 2.05) is 47.8 Å². The molecular weight excluding hydrogens is 340 g/mol. The van der Waals surface area contributed by atoms with Gasteiger partial charge in [-0.25, -0.2) is 4.98 Å². The Morgan fingerprint density at radius 3 is 2.58 bits per heavy atom. The maximum absolute atomic E-state index is 13.0. The zero-order valence-corrected chi connectivity index (χ0v) is 14.6. The number of ketones is 1. The van der Waals surface area contributed by atoms with Crippen LogP contribution in [0, 0.1) is 0 Å². The van der Waals surface area contributed by atoms with E-state index in [-0.39, 0.29) is 5.78 Å². The van der Waals surface area contributed by atoms with Crippen LogP contribution in [0.5, 0.6) is 0 Å². The average molecular weight is 356 g/mol. The molecule has 1 aromatic carbocycles. The van der Waals surface area contributed by atoms with Gasteiger partial charge in [-0.3, -0.25) is 4.79 Å². The zero-order chi connectivity index (χ0) is 16.4. The molecule has 3 aromatic rings. The number of carbonyl (C=O) groups is 1. The second-order valence-electron chi connectivity index (χ2n) is 5.45. The second-order valence-corrected chi connectivity index (χ2v) is 7.37. The molecule has 4 nitrogen and oxygen atoms in total. The van der Waals surface area contributed by atoms with Gasteiger partial charge in [0.2, 0.25) is 5.78 Å². The molecule has 1 aliphatic rings. The molecule has 4 rings (SSSR count). The van der Waals surface area contributed by atoms with Crippen LogP contribution in [0.4, 0.5) is 5.13 Å². The highest BCUT2D eigenvalue weighted by atomic mass is 32.1. The Morgan fingerprint density at radius 1 is 1.08 bits per heavy atom. The first-order valence-corrected chi connectivity index (χ1v) is 9.49. The van der Waals surface area contributed by atoms with Crippen molar-refractivity contribution in [2.24, 2.45) is 0 Å². The Bertz CT molecular complexity index is 822. The summed E-state index contributed by atoms with van der Waals surface area (Å²) < 4.78 is 5.42. The van der Waals surface area contributed by atoms with Crippen LogP contribution < -0.4 is 4.90 Å². The van der Waals surface area contributed by atoms with Crippen molar-refractivity contribution in [3.05, 3.63) is 58.3 Å². The highest BCUT2D eigenvalue weighted by molar-refractivity contribution is 7.19. The monoisotopic (exact) mass is 356 g/mol. The number of hydrogen-bond acceptors (Lipinski definition) is 6. The van der Waals surface area contributed by atoms with Gasteiger partial charge in [-0.1, -0.05) is 47.7 Å². The lowest BCUT2D eigenvalue weighted by molar-refractivity contribution is 0.104. The molecule has 0 atom stereocenters. The summed E-state index contributed by atoms with van der Waals surface area (Å²) in [6, 6.07) is 13.4. The first-order valence-electron chi connectivity index (χ1n) is 7.80. The molecule has 24 heavy (non-hydrogen) atoms. The highest BCUT2D eigenvalue weighted by Crippen LogP contribution is 2.36. The third-order valence-electron chi connectivity index (χ3n) is 3.89. The fraction of sp³-hybridized carbons (Fsp3) is 0.222. The van der Waals surface area contributed by atoms with E-state index in [1.165, 1.54) is 11.3 Å². The van der Waals surface area contributed by atoms with Gasteiger partial charge in [0.15, 0.2) is 5.13 Å². The third kappa shape index (κ3) is 3.00. The van der Waals surface area contributed by atoms with Gasteiger partial charge in [-0.2, -0.15) is 0 Å². The van der Waals surface area contributed by atoms with Gasteiger partial charge in [0.05, 0.1) is 18.1 Å². The molecule has 3 heterocycles. The van der Waals surface area contributed by atoms with Crippen molar-refractivity contribution in [1.82, 2.24) is 4.98 Å². The lowest BCUT2D eigenvalue weighted by Crippen LogP contribution is -2.36. The van der Waals surface area contributed by atoms with Crippen LogP contribution in [0.25, 0.3) is 10.6 Å². The third-order valence-corrected chi connectivity index (χ3v) is 5.89. The molecule has 1 aliphatic heterocycles. The zero-order valence-electron chi connectivity index (χ0n) is 13.0. The van der Waals surface area contributed by atoms with Crippen LogP contribution in [0.1, 0.15) is 15.2 Å². The summed E-state index contributed by atoms with van der Waals surface area (Å²) in [6.45, 7) is 3.04. The minimum atomic E-state index is 0.0380. The number of morpholine rings is 1. The second kappa shape index (κ2) is 6.84. The molecule has 0 amide bonds. The summed E-state index contributed by atoms with van der Waals surface area (Å²) in [6.07, 6.45) is 0. The fourth-order valence-electron chi connectivity index (χ4n) is 2.65. The van der Waals surface area contributed by atoms with E-state index >= 15 is 0 Å². The lowest BCUT2D eigenvalue weighted by Gasteiger charge is -2.26. The number of nitrogens with zero attached hydrogens (tertiary/aromatic N) is 2. The summed E-state index contributed by atoms with van der Waals surface area (Å²) in [4.78, 5) is 21.7. The summed E-state index contributed by atoms with van der Waals surface area (Å²) in [7, 11) is 0. The number of anilines is 1. The van der Waals surface area contributed by atoms with E-state index in [2.05, 4.69) is 4.90 Å². The molecule has 2 aromatic heterocycles. The van der Waals surface area contributed by atoms with Gasteiger partial charge in [-0.15, -0.1) is 11.3 Å². The molecule has 0 N–H and O–H groups in total. The van der Waals surface area contributed by atoms with Crippen LogP contribution in [0.2, 0.25) is 0 Å². The summed E-state index contributed by atoms with van der Waals surface area (Å²) in [5, 5.41) is 2.92. The predicted octanol–water partition coefficient (Wildman–Crippen LogP) is 3.94. The number of benzene rings is 1. The predicted molar refractivity (Wildman–Crippen MR) is 98.3 cm³/mol. The SMILES string of the molecule is O=C(c1ccccc1)c1sc(N2CCOCC2)nc1-c1cccs1. The van der Waals surface area contributed by atoms with Crippen molar-refractivity contribution in [3.63, 3.8) is 0 Å². The van der Waals surface area contributed by atoms with Crippen LogP contribution in [-0.2, 0) is 4.74 Å². The molecule has 0 saturated carbocycles. The van der Waals surface area contributed by atoms with Crippen molar-refractivity contribution in [2.45, 2.75) is 0 Å². The summed E-state index contributed by atoms with van der Waals surface area (Å²) in [5.41, 5.74) is 1.50. The number of aromatic nitrogens is 1. The number of carbonyl (C=O) groups excluding carboxylic acids is 1. The Labute approximate surface area is 148 Å². The van der Waals surface area contributed by atoms with Crippen molar-refractivity contribution in [2.75, 3.05) is 31.2 Å². The van der Waals surface area contributed by atoms with E-state index in [4.69, 9.17) is 9.72 Å². The fourth-order valence-corrected chi connectivity index (χ4v) is 4.53. The smallest absolute Gasteiger partial charge is 0.205 e. The molecule has 0 radical (unpaired) electrons. The topological polar surface area (TPSA) is 42.4 Å². The minimum absolute atomic E-state index is 0.0380. The van der Waals surface area contributed by atoms with E-state index in [9.17, 15) is 4.79 Å². The minimum Gasteiger partial charge on any atom is -0.378 e. The summed E-state index contributed by atoms with van der Waals surface area (Å²) >= 11 is 3.10. The lowest BCUT2D eigenvalue weighted by atomic mass is 10.1. The molecule has 0 unspecified atom stereocenters.